The van der Waals surface area contributed by atoms with Crippen molar-refractivity contribution in [1.29, 1.82) is 0 Å². The van der Waals surface area contributed by atoms with E-state index in [1.807, 2.05) is 18.2 Å². The maximum Gasteiger partial charge on any atom is 0.159 e. The minimum absolute atomic E-state index is 0.133. The van der Waals surface area contributed by atoms with Crippen molar-refractivity contribution in [2.24, 2.45) is 0 Å². The highest BCUT2D eigenvalue weighted by molar-refractivity contribution is 5.94. The molecule has 76 valence electrons. The summed E-state index contributed by atoms with van der Waals surface area (Å²) in [4.78, 5) is 11.2. The van der Waals surface area contributed by atoms with E-state index in [9.17, 15) is 4.79 Å². The number of hydrogen-bond acceptors (Lipinski definition) is 1. The molecule has 0 saturated carbocycles. The number of Topliss-reactive ketones (excluding diaryl/α,β-unsaturated/α-hetero) is 1. The van der Waals surface area contributed by atoms with Crippen LogP contribution in [0.25, 0.3) is 0 Å². The second-order valence-electron chi connectivity index (χ2n) is 4.71. The number of carbonyl (C=O) groups excluding carboxylic acids is 1. The Kier molecular flexibility index (Phi) is 3.06. The Morgan fingerprint density at radius 1 is 1.29 bits per heavy atom. The molecule has 0 aliphatic rings. The minimum Gasteiger partial charge on any atom is -0.327 e. The van der Waals surface area contributed by atoms with Gasteiger partial charge in [-0.05, 0) is 13.0 Å². The topological polar surface area (TPSA) is 17.1 Å². The Labute approximate surface area is 85.8 Å². The van der Waals surface area contributed by atoms with Gasteiger partial charge in [0.05, 0.1) is 21.1 Å². The van der Waals surface area contributed by atoms with Gasteiger partial charge >= 0.3 is 0 Å². The van der Waals surface area contributed by atoms with Gasteiger partial charge in [0.15, 0.2) is 5.78 Å². The number of rotatable bonds is 3. The van der Waals surface area contributed by atoms with E-state index < -0.39 is 0 Å². The monoisotopic (exact) mass is 192 g/mol. The number of hydrogen-bond donors (Lipinski definition) is 0. The average molecular weight is 192 g/mol. The van der Waals surface area contributed by atoms with Crippen molar-refractivity contribution < 1.29 is 9.28 Å². The van der Waals surface area contributed by atoms with E-state index in [2.05, 4.69) is 27.2 Å². The van der Waals surface area contributed by atoms with Crippen molar-refractivity contribution in [1.82, 2.24) is 0 Å². The third kappa shape index (κ3) is 3.30. The fourth-order valence-corrected chi connectivity index (χ4v) is 1.44. The minimum atomic E-state index is 0.133. The lowest BCUT2D eigenvalue weighted by atomic mass is 10.1. The van der Waals surface area contributed by atoms with Crippen molar-refractivity contribution in [3.63, 3.8) is 0 Å². The second kappa shape index (κ2) is 3.93. The van der Waals surface area contributed by atoms with Crippen LogP contribution < -0.4 is 0 Å². The summed E-state index contributed by atoms with van der Waals surface area (Å²) in [6.07, 6.45) is 0. The van der Waals surface area contributed by atoms with Crippen LogP contribution in [0.2, 0.25) is 0 Å². The van der Waals surface area contributed by atoms with Gasteiger partial charge < -0.3 is 4.48 Å². The lowest BCUT2D eigenvalue weighted by Gasteiger charge is -2.23. The second-order valence-corrected chi connectivity index (χ2v) is 4.71. The molecular weight excluding hydrogens is 174 g/mol. The standard InChI is InChI=1S/C12H18NO/c1-10(14)12-7-5-6-11(8-12)9-13(2,3)4/h5-8H,9H2,1-4H3/q+1. The summed E-state index contributed by atoms with van der Waals surface area (Å²) in [5.74, 6) is 0.133. The van der Waals surface area contributed by atoms with Crippen LogP contribution in [0.5, 0.6) is 0 Å². The SMILES string of the molecule is CC(=O)c1cccc(C[N+](C)(C)C)c1. The highest BCUT2D eigenvalue weighted by atomic mass is 16.1. The smallest absolute Gasteiger partial charge is 0.159 e. The van der Waals surface area contributed by atoms with E-state index in [4.69, 9.17) is 0 Å². The van der Waals surface area contributed by atoms with Crippen LogP contribution >= 0.6 is 0 Å². The van der Waals surface area contributed by atoms with E-state index in [1.165, 1.54) is 5.56 Å². The van der Waals surface area contributed by atoms with E-state index in [0.717, 1.165) is 16.6 Å². The molecule has 0 aliphatic heterocycles. The van der Waals surface area contributed by atoms with E-state index in [0.29, 0.717) is 0 Å². The molecule has 0 bridgehead atoms. The highest BCUT2D eigenvalue weighted by Crippen LogP contribution is 2.10. The average Bonchev–Trinajstić information content (AvgIpc) is 2.01. The molecule has 0 N–H and O–H groups in total. The summed E-state index contributed by atoms with van der Waals surface area (Å²) in [5.41, 5.74) is 2.01. The largest absolute Gasteiger partial charge is 0.327 e. The first-order valence-corrected chi connectivity index (χ1v) is 4.79. The van der Waals surface area contributed by atoms with Crippen molar-refractivity contribution >= 4 is 5.78 Å². The molecule has 1 aromatic carbocycles. The number of nitrogens with zero attached hydrogens (tertiary/aromatic N) is 1. The van der Waals surface area contributed by atoms with Crippen molar-refractivity contribution in [3.8, 4) is 0 Å². The Morgan fingerprint density at radius 3 is 2.43 bits per heavy atom. The third-order valence-corrected chi connectivity index (χ3v) is 1.99. The zero-order valence-corrected chi connectivity index (χ0v) is 9.37. The molecule has 0 spiro atoms. The molecule has 2 heteroatoms. The Bertz CT molecular complexity index is 336. The Morgan fingerprint density at radius 2 is 1.93 bits per heavy atom. The van der Waals surface area contributed by atoms with Gasteiger partial charge in [0.1, 0.15) is 6.54 Å². The van der Waals surface area contributed by atoms with Crippen LogP contribution in [0.4, 0.5) is 0 Å². The first kappa shape index (κ1) is 10.9. The van der Waals surface area contributed by atoms with Crippen LogP contribution in [0.1, 0.15) is 22.8 Å². The summed E-state index contributed by atoms with van der Waals surface area (Å²) < 4.78 is 0.876. The van der Waals surface area contributed by atoms with E-state index in [1.54, 1.807) is 6.92 Å². The van der Waals surface area contributed by atoms with Gasteiger partial charge in [0.2, 0.25) is 0 Å². The van der Waals surface area contributed by atoms with Crippen LogP contribution in [-0.2, 0) is 6.54 Å². The summed E-state index contributed by atoms with van der Waals surface area (Å²) in [7, 11) is 6.42. The first-order valence-electron chi connectivity index (χ1n) is 4.79. The maximum atomic E-state index is 11.2. The molecule has 0 atom stereocenters. The summed E-state index contributed by atoms with van der Waals surface area (Å²) in [6, 6.07) is 7.85. The van der Waals surface area contributed by atoms with Gasteiger partial charge in [-0.15, -0.1) is 0 Å². The van der Waals surface area contributed by atoms with Crippen LogP contribution in [0.3, 0.4) is 0 Å². The molecule has 0 aromatic heterocycles. The van der Waals surface area contributed by atoms with Crippen LogP contribution in [-0.4, -0.2) is 31.4 Å². The number of benzene rings is 1. The number of ketones is 1. The molecule has 2 nitrogen and oxygen atoms in total. The third-order valence-electron chi connectivity index (χ3n) is 1.99. The zero-order valence-electron chi connectivity index (χ0n) is 9.37. The molecule has 0 heterocycles. The predicted molar refractivity (Wildman–Crippen MR) is 58.2 cm³/mol. The number of quaternary nitrogens is 1. The van der Waals surface area contributed by atoms with Gasteiger partial charge in [-0.1, -0.05) is 18.2 Å². The molecule has 0 unspecified atom stereocenters. The molecule has 1 aromatic rings. The predicted octanol–water partition coefficient (Wildman–Crippen LogP) is 2.10. The Hall–Kier alpha value is -1.15. The molecule has 0 aliphatic carbocycles. The molecular formula is C12H18NO+. The fraction of sp³-hybridized carbons (Fsp3) is 0.417. The molecule has 0 amide bonds. The van der Waals surface area contributed by atoms with E-state index in [-0.39, 0.29) is 5.78 Å². The van der Waals surface area contributed by atoms with Crippen molar-refractivity contribution in [3.05, 3.63) is 35.4 Å². The molecule has 0 saturated heterocycles. The van der Waals surface area contributed by atoms with Crippen molar-refractivity contribution in [2.75, 3.05) is 21.1 Å². The van der Waals surface area contributed by atoms with Gasteiger partial charge in [0.25, 0.3) is 0 Å². The molecule has 0 fully saturated rings. The first-order chi connectivity index (χ1) is 6.38. The van der Waals surface area contributed by atoms with Crippen LogP contribution in [0.15, 0.2) is 24.3 Å². The normalized spacial score (nSPS) is 11.4. The van der Waals surface area contributed by atoms with Gasteiger partial charge in [-0.25, -0.2) is 0 Å². The summed E-state index contributed by atoms with van der Waals surface area (Å²) >= 11 is 0. The summed E-state index contributed by atoms with van der Waals surface area (Å²) in [6.45, 7) is 2.55. The fourth-order valence-electron chi connectivity index (χ4n) is 1.44. The lowest BCUT2D eigenvalue weighted by molar-refractivity contribution is -0.884. The van der Waals surface area contributed by atoms with Crippen molar-refractivity contribution in [2.45, 2.75) is 13.5 Å². The van der Waals surface area contributed by atoms with E-state index >= 15 is 0 Å². The molecule has 0 radical (unpaired) electrons. The zero-order chi connectivity index (χ0) is 10.8. The molecule has 14 heavy (non-hydrogen) atoms. The number of carbonyl (C=O) groups is 1. The highest BCUT2D eigenvalue weighted by Gasteiger charge is 2.09. The van der Waals surface area contributed by atoms with Crippen LogP contribution in [0, 0.1) is 0 Å². The molecule has 1 rings (SSSR count). The summed E-state index contributed by atoms with van der Waals surface area (Å²) in [5, 5.41) is 0. The maximum absolute atomic E-state index is 11.2. The Balaban J connectivity index is 2.89. The van der Waals surface area contributed by atoms with Gasteiger partial charge in [0, 0.05) is 11.1 Å². The van der Waals surface area contributed by atoms with Gasteiger partial charge in [-0.2, -0.15) is 0 Å². The quantitative estimate of drug-likeness (QED) is 0.529. The van der Waals surface area contributed by atoms with Gasteiger partial charge in [-0.3, -0.25) is 4.79 Å². The lowest BCUT2D eigenvalue weighted by Crippen LogP contribution is -2.33.